The maximum Gasteiger partial charge on any atom is 0.231 e. The van der Waals surface area contributed by atoms with Crippen LogP contribution in [0.4, 0.5) is 0 Å². The van der Waals surface area contributed by atoms with Gasteiger partial charge in [0, 0.05) is 0 Å². The molecule has 0 atom stereocenters. The summed E-state index contributed by atoms with van der Waals surface area (Å²) in [5, 5.41) is 16.2. The van der Waals surface area contributed by atoms with Crippen LogP contribution in [0.25, 0.3) is 0 Å². The van der Waals surface area contributed by atoms with Crippen molar-refractivity contribution >= 4 is 18.2 Å². The van der Waals surface area contributed by atoms with Crippen molar-refractivity contribution in [2.45, 2.75) is 34.1 Å². The van der Waals surface area contributed by atoms with Crippen molar-refractivity contribution in [3.8, 4) is 0 Å². The van der Waals surface area contributed by atoms with Crippen molar-refractivity contribution in [2.75, 3.05) is 0 Å². The largest absolute Gasteiger partial charge is 0.231 e. The second kappa shape index (κ2) is 22.7. The topological polar surface area (TPSA) is 123 Å². The van der Waals surface area contributed by atoms with Crippen molar-refractivity contribution in [3.63, 3.8) is 0 Å². The molecule has 0 spiro atoms. The van der Waals surface area contributed by atoms with Gasteiger partial charge in [0.05, 0.1) is 0 Å². The lowest BCUT2D eigenvalue weighted by Gasteiger charge is -2.12. The Labute approximate surface area is 89.2 Å². The first-order valence-electron chi connectivity index (χ1n) is 3.92. The van der Waals surface area contributed by atoms with Crippen LogP contribution in [0.5, 0.6) is 0 Å². The van der Waals surface area contributed by atoms with E-state index in [9.17, 15) is 0 Å². The van der Waals surface area contributed by atoms with Crippen LogP contribution in [0.2, 0.25) is 0 Å². The summed E-state index contributed by atoms with van der Waals surface area (Å²) in [7, 11) is 0. The predicted octanol–water partition coefficient (Wildman–Crippen LogP) is 2.15. The molecule has 0 aliphatic carbocycles. The smallest absolute Gasteiger partial charge is 0.222 e. The summed E-state index contributed by atoms with van der Waals surface area (Å²) < 4.78 is 0. The number of nitrogens with one attached hydrogen (secondary N) is 3. The lowest BCUT2D eigenvalue weighted by atomic mass is 9.94. The summed E-state index contributed by atoms with van der Waals surface area (Å²) >= 11 is 0. The van der Waals surface area contributed by atoms with Crippen molar-refractivity contribution in [3.05, 3.63) is 0 Å². The summed E-state index contributed by atoms with van der Waals surface area (Å²) in [5.74, 6) is 0. The maximum absolute atomic E-state index is 8.35. The second-order valence-corrected chi connectivity index (χ2v) is 3.22. The van der Waals surface area contributed by atoms with E-state index in [-0.39, 0.29) is 0 Å². The molecule has 0 radical (unpaired) electrons. The van der Waals surface area contributed by atoms with E-state index in [4.69, 9.17) is 30.6 Å². The molecule has 0 saturated carbocycles. The third-order valence-corrected chi connectivity index (χ3v) is 1.06. The van der Waals surface area contributed by atoms with Gasteiger partial charge in [-0.05, 0) is 5.41 Å². The zero-order valence-corrected chi connectivity index (χ0v) is 9.43. The first-order valence-corrected chi connectivity index (χ1v) is 3.92. The summed E-state index contributed by atoms with van der Waals surface area (Å²) in [6.45, 7) is 8.94. The molecule has 0 fully saturated rings. The Bertz CT molecular complexity index is 185. The first kappa shape index (κ1) is 23.2. The standard InChI is InChI=1S/C6H14.3CHNO/c1-5-6(2,3)4;3*2-1-3/h5H2,1-4H3;3*2H. The third kappa shape index (κ3) is 960. The predicted molar refractivity (Wildman–Crippen MR) is 55.0 cm³/mol. The van der Waals surface area contributed by atoms with E-state index < -0.39 is 0 Å². The van der Waals surface area contributed by atoms with Gasteiger partial charge in [-0.1, -0.05) is 34.1 Å². The van der Waals surface area contributed by atoms with Crippen molar-refractivity contribution in [1.82, 2.24) is 0 Å². The van der Waals surface area contributed by atoms with Crippen LogP contribution >= 0.6 is 0 Å². The number of rotatable bonds is 0. The van der Waals surface area contributed by atoms with Crippen molar-refractivity contribution < 1.29 is 14.4 Å². The Morgan fingerprint density at radius 2 is 0.933 bits per heavy atom. The van der Waals surface area contributed by atoms with E-state index in [2.05, 4.69) is 27.7 Å². The molecule has 0 saturated heterocycles. The summed E-state index contributed by atoms with van der Waals surface area (Å²) in [6, 6.07) is 0. The van der Waals surface area contributed by atoms with Gasteiger partial charge in [0.2, 0.25) is 18.2 Å². The Hall–Kier alpha value is -1.86. The molecule has 0 bridgehead atoms. The van der Waals surface area contributed by atoms with E-state index in [0.29, 0.717) is 5.41 Å². The molecule has 0 aliphatic heterocycles. The average Bonchev–Trinajstić information content (AvgIpc) is 2.07. The second-order valence-electron chi connectivity index (χ2n) is 3.22. The fourth-order valence-corrected chi connectivity index (χ4v) is 0. The van der Waals surface area contributed by atoms with Gasteiger partial charge in [-0.15, -0.1) is 0 Å². The fraction of sp³-hybridized carbons (Fsp3) is 0.667. The minimum Gasteiger partial charge on any atom is -0.222 e. The van der Waals surface area contributed by atoms with Crippen LogP contribution in [0.15, 0.2) is 0 Å². The maximum atomic E-state index is 8.35. The number of carbonyl (C=O) groups excluding carboxylic acids is 3. The molecule has 0 amide bonds. The minimum atomic E-state index is 0.542. The van der Waals surface area contributed by atoms with Crippen molar-refractivity contribution in [1.29, 1.82) is 16.2 Å². The van der Waals surface area contributed by atoms with Gasteiger partial charge in [0.15, 0.2) is 0 Å². The van der Waals surface area contributed by atoms with Gasteiger partial charge in [-0.2, -0.15) is 0 Å². The molecule has 0 aromatic carbocycles. The molecule has 0 rings (SSSR count). The third-order valence-electron chi connectivity index (χ3n) is 1.06. The molecule has 15 heavy (non-hydrogen) atoms. The first-order chi connectivity index (χ1) is 6.80. The highest BCUT2D eigenvalue weighted by Gasteiger charge is 2.03. The molecule has 6 nitrogen and oxygen atoms in total. The van der Waals surface area contributed by atoms with E-state index in [0.717, 1.165) is 18.2 Å². The Morgan fingerprint density at radius 3 is 0.933 bits per heavy atom. The van der Waals surface area contributed by atoms with Crippen LogP contribution in [-0.2, 0) is 14.4 Å². The van der Waals surface area contributed by atoms with E-state index >= 15 is 0 Å². The summed E-state index contributed by atoms with van der Waals surface area (Å²) in [4.78, 5) is 25.0. The van der Waals surface area contributed by atoms with Crippen LogP contribution in [0.1, 0.15) is 34.1 Å². The molecule has 0 aliphatic rings. The molecule has 0 aromatic rings. The highest BCUT2D eigenvalue weighted by molar-refractivity contribution is 5.26. The van der Waals surface area contributed by atoms with E-state index in [1.165, 1.54) is 6.42 Å². The van der Waals surface area contributed by atoms with Crippen LogP contribution in [0.3, 0.4) is 0 Å². The van der Waals surface area contributed by atoms with Gasteiger partial charge in [0.25, 0.3) is 0 Å². The monoisotopic (exact) mass is 215 g/mol. The molecule has 0 heterocycles. The van der Waals surface area contributed by atoms with Gasteiger partial charge in [-0.3, -0.25) is 0 Å². The normalized spacial score (nSPS) is 6.40. The molecule has 0 aromatic heterocycles. The molecule has 0 unspecified atom stereocenters. The van der Waals surface area contributed by atoms with Gasteiger partial charge >= 0.3 is 0 Å². The highest BCUT2D eigenvalue weighted by atomic mass is 16.1. The number of hydrogen-bond donors (Lipinski definition) is 3. The lowest BCUT2D eigenvalue weighted by molar-refractivity contribution is 0.398. The molecular weight excluding hydrogens is 198 g/mol. The summed E-state index contributed by atoms with van der Waals surface area (Å²) in [5.41, 5.74) is 0.542. The van der Waals surface area contributed by atoms with Crippen LogP contribution in [0, 0.1) is 21.6 Å². The Kier molecular flexibility index (Phi) is 35.1. The molecule has 6 heteroatoms. The fourth-order valence-electron chi connectivity index (χ4n) is 0. The van der Waals surface area contributed by atoms with Gasteiger partial charge in [-0.25, -0.2) is 30.6 Å². The van der Waals surface area contributed by atoms with Gasteiger partial charge < -0.3 is 0 Å². The molecule has 3 N–H and O–H groups in total. The molecule has 86 valence electrons. The van der Waals surface area contributed by atoms with Crippen LogP contribution in [-0.4, -0.2) is 18.2 Å². The quantitative estimate of drug-likeness (QED) is 0.423. The minimum absolute atomic E-state index is 0.542. The van der Waals surface area contributed by atoms with Gasteiger partial charge in [0.1, 0.15) is 0 Å². The SMILES string of the molecule is CCC(C)(C)C.N=C=O.N=C=O.N=C=O. The van der Waals surface area contributed by atoms with E-state index in [1.807, 2.05) is 0 Å². The zero-order chi connectivity index (χ0) is 13.3. The summed E-state index contributed by atoms with van der Waals surface area (Å²) in [6.07, 6.45) is 3.52. The number of isocyanates is 3. The number of hydrogen-bond acceptors (Lipinski definition) is 6. The van der Waals surface area contributed by atoms with Crippen molar-refractivity contribution in [2.24, 2.45) is 5.41 Å². The zero-order valence-electron chi connectivity index (χ0n) is 9.43. The Morgan fingerprint density at radius 1 is 0.867 bits per heavy atom. The lowest BCUT2D eigenvalue weighted by Crippen LogP contribution is -2.00. The highest BCUT2D eigenvalue weighted by Crippen LogP contribution is 2.16. The van der Waals surface area contributed by atoms with Crippen LogP contribution < -0.4 is 0 Å². The average molecular weight is 215 g/mol. The molecular formula is C9H17N3O3. The Balaban J connectivity index is -0.0000000581. The van der Waals surface area contributed by atoms with E-state index in [1.54, 1.807) is 0 Å².